The van der Waals surface area contributed by atoms with Gasteiger partial charge in [0.15, 0.2) is 0 Å². The molecule has 6 nitrogen and oxygen atoms in total. The van der Waals surface area contributed by atoms with Crippen LogP contribution in [0.5, 0.6) is 0 Å². The molecule has 0 bridgehead atoms. The van der Waals surface area contributed by atoms with Crippen LogP contribution < -0.4 is 10.6 Å². The van der Waals surface area contributed by atoms with E-state index in [1.807, 2.05) is 11.4 Å². The number of rotatable bonds is 9. The fourth-order valence-electron chi connectivity index (χ4n) is 2.32. The van der Waals surface area contributed by atoms with Gasteiger partial charge in [-0.15, -0.1) is 11.3 Å². The highest BCUT2D eigenvalue weighted by Crippen LogP contribution is 2.14. The number of hydrogen-bond donors (Lipinski definition) is 2. The van der Waals surface area contributed by atoms with Gasteiger partial charge in [0.05, 0.1) is 13.5 Å². The summed E-state index contributed by atoms with van der Waals surface area (Å²) in [7, 11) is 1.30. The molecule has 0 saturated heterocycles. The average molecular weight is 374 g/mol. The number of thiophene rings is 1. The van der Waals surface area contributed by atoms with Crippen LogP contribution in [0.25, 0.3) is 0 Å². The van der Waals surface area contributed by atoms with Crippen LogP contribution in [-0.2, 0) is 20.7 Å². The van der Waals surface area contributed by atoms with E-state index in [9.17, 15) is 14.4 Å². The third kappa shape index (κ3) is 6.68. The predicted octanol–water partition coefficient (Wildman–Crippen LogP) is 3.00. The first-order valence-electron chi connectivity index (χ1n) is 8.36. The molecule has 0 radical (unpaired) electrons. The minimum absolute atomic E-state index is 0.0789. The Morgan fingerprint density at radius 3 is 2.69 bits per heavy atom. The minimum atomic E-state index is -0.381. The Labute approximate surface area is 156 Å². The number of carbonyl (C=O) groups excluding carboxylic acids is 3. The van der Waals surface area contributed by atoms with Gasteiger partial charge >= 0.3 is 5.97 Å². The van der Waals surface area contributed by atoms with Gasteiger partial charge in [0, 0.05) is 29.1 Å². The van der Waals surface area contributed by atoms with E-state index < -0.39 is 0 Å². The summed E-state index contributed by atoms with van der Waals surface area (Å²) in [5.41, 5.74) is 0.998. The molecule has 0 spiro atoms. The highest BCUT2D eigenvalue weighted by molar-refractivity contribution is 7.09. The van der Waals surface area contributed by atoms with E-state index in [0.717, 1.165) is 12.8 Å². The molecule has 0 aliphatic rings. The predicted molar refractivity (Wildman–Crippen MR) is 101 cm³/mol. The zero-order valence-corrected chi connectivity index (χ0v) is 15.4. The molecule has 0 unspecified atom stereocenters. The number of aryl methyl sites for hydroxylation is 1. The molecule has 1 aromatic heterocycles. The van der Waals surface area contributed by atoms with Gasteiger partial charge in [0.25, 0.3) is 5.91 Å². The fraction of sp³-hybridized carbons (Fsp3) is 0.316. The first-order valence-corrected chi connectivity index (χ1v) is 9.24. The lowest BCUT2D eigenvalue weighted by molar-refractivity contribution is -0.140. The lowest BCUT2D eigenvalue weighted by Crippen LogP contribution is -2.26. The van der Waals surface area contributed by atoms with Crippen LogP contribution in [0.3, 0.4) is 0 Å². The highest BCUT2D eigenvalue weighted by atomic mass is 32.1. The number of ether oxygens (including phenoxy) is 1. The van der Waals surface area contributed by atoms with Crippen LogP contribution in [-0.4, -0.2) is 31.4 Å². The molecule has 1 heterocycles. The Kier molecular flexibility index (Phi) is 7.82. The van der Waals surface area contributed by atoms with E-state index in [4.69, 9.17) is 0 Å². The lowest BCUT2D eigenvalue weighted by Gasteiger charge is -2.08. The van der Waals surface area contributed by atoms with Gasteiger partial charge < -0.3 is 15.4 Å². The van der Waals surface area contributed by atoms with E-state index in [-0.39, 0.29) is 30.7 Å². The van der Waals surface area contributed by atoms with E-state index in [1.54, 1.807) is 35.6 Å². The number of carbonyl (C=O) groups is 3. The Morgan fingerprint density at radius 1 is 1.12 bits per heavy atom. The van der Waals surface area contributed by atoms with Crippen molar-refractivity contribution >= 4 is 34.8 Å². The van der Waals surface area contributed by atoms with E-state index in [2.05, 4.69) is 21.4 Å². The number of esters is 1. The number of benzene rings is 1. The number of amides is 2. The van der Waals surface area contributed by atoms with E-state index in [1.165, 1.54) is 12.0 Å². The molecule has 0 atom stereocenters. The standard InChI is InChI=1S/C19H22N2O4S/c1-25-18(23)10-11-20-19(24)14-5-2-6-15(13-14)21-17(22)9-3-7-16-8-4-12-26-16/h2,4-6,8,12-13H,3,7,9-11H2,1H3,(H,20,24)(H,21,22). The smallest absolute Gasteiger partial charge is 0.307 e. The van der Waals surface area contributed by atoms with Crippen molar-refractivity contribution in [3.63, 3.8) is 0 Å². The van der Waals surface area contributed by atoms with Gasteiger partial charge in [-0.25, -0.2) is 0 Å². The van der Waals surface area contributed by atoms with Crippen molar-refractivity contribution < 1.29 is 19.1 Å². The topological polar surface area (TPSA) is 84.5 Å². The molecule has 0 aliphatic heterocycles. The molecule has 26 heavy (non-hydrogen) atoms. The minimum Gasteiger partial charge on any atom is -0.469 e. The molecule has 0 fully saturated rings. The first kappa shape index (κ1) is 19.7. The lowest BCUT2D eigenvalue weighted by atomic mass is 10.1. The second-order valence-corrected chi connectivity index (χ2v) is 6.68. The number of anilines is 1. The average Bonchev–Trinajstić information content (AvgIpc) is 3.15. The summed E-state index contributed by atoms with van der Waals surface area (Å²) in [6.07, 6.45) is 2.20. The van der Waals surface area contributed by atoms with Crippen LogP contribution in [0.4, 0.5) is 5.69 Å². The summed E-state index contributed by atoms with van der Waals surface area (Å²) in [4.78, 5) is 36.4. The van der Waals surface area contributed by atoms with Crippen molar-refractivity contribution in [2.75, 3.05) is 19.0 Å². The number of nitrogens with one attached hydrogen (secondary N) is 2. The van der Waals surface area contributed by atoms with Gasteiger partial charge in [0.1, 0.15) is 0 Å². The zero-order valence-electron chi connectivity index (χ0n) is 14.6. The molecule has 2 rings (SSSR count). The summed E-state index contributed by atoms with van der Waals surface area (Å²) in [5, 5.41) is 7.48. The molecule has 7 heteroatoms. The summed E-state index contributed by atoms with van der Waals surface area (Å²) < 4.78 is 4.52. The first-order chi connectivity index (χ1) is 12.6. The van der Waals surface area contributed by atoms with Crippen LogP contribution in [0.1, 0.15) is 34.5 Å². The van der Waals surface area contributed by atoms with Gasteiger partial charge in [-0.05, 0) is 42.5 Å². The molecule has 0 saturated carbocycles. The normalized spacial score (nSPS) is 10.2. The van der Waals surface area contributed by atoms with Gasteiger partial charge in [0.2, 0.25) is 5.91 Å². The van der Waals surface area contributed by atoms with Crippen LogP contribution >= 0.6 is 11.3 Å². The quantitative estimate of drug-likeness (QED) is 0.661. The van der Waals surface area contributed by atoms with Gasteiger partial charge in [-0.2, -0.15) is 0 Å². The molecular weight excluding hydrogens is 352 g/mol. The monoisotopic (exact) mass is 374 g/mol. The van der Waals surface area contributed by atoms with Crippen LogP contribution in [0, 0.1) is 0 Å². The maximum absolute atomic E-state index is 12.1. The Bertz CT molecular complexity index is 744. The molecular formula is C19H22N2O4S. The molecule has 2 aromatic rings. The fourth-order valence-corrected chi connectivity index (χ4v) is 3.07. The van der Waals surface area contributed by atoms with E-state index >= 15 is 0 Å². The van der Waals surface area contributed by atoms with Crippen molar-refractivity contribution in [2.24, 2.45) is 0 Å². The summed E-state index contributed by atoms with van der Waals surface area (Å²) in [6, 6.07) is 10.8. The van der Waals surface area contributed by atoms with Crippen molar-refractivity contribution in [3.8, 4) is 0 Å². The largest absolute Gasteiger partial charge is 0.469 e. The maximum atomic E-state index is 12.1. The summed E-state index contributed by atoms with van der Waals surface area (Å²) >= 11 is 1.69. The Hall–Kier alpha value is -2.67. The van der Waals surface area contributed by atoms with Crippen LogP contribution in [0.15, 0.2) is 41.8 Å². The second kappa shape index (κ2) is 10.4. The Morgan fingerprint density at radius 2 is 1.96 bits per heavy atom. The number of methoxy groups -OCH3 is 1. The number of hydrogen-bond acceptors (Lipinski definition) is 5. The summed E-state index contributed by atoms with van der Waals surface area (Å²) in [6.45, 7) is 0.199. The molecule has 2 amide bonds. The molecule has 2 N–H and O–H groups in total. The van der Waals surface area contributed by atoms with Crippen molar-refractivity contribution in [3.05, 3.63) is 52.2 Å². The molecule has 138 valence electrons. The zero-order chi connectivity index (χ0) is 18.8. The van der Waals surface area contributed by atoms with Crippen molar-refractivity contribution in [1.82, 2.24) is 5.32 Å². The second-order valence-electron chi connectivity index (χ2n) is 5.64. The maximum Gasteiger partial charge on any atom is 0.307 e. The highest BCUT2D eigenvalue weighted by Gasteiger charge is 2.09. The van der Waals surface area contributed by atoms with Crippen molar-refractivity contribution in [2.45, 2.75) is 25.7 Å². The van der Waals surface area contributed by atoms with E-state index in [0.29, 0.717) is 17.7 Å². The van der Waals surface area contributed by atoms with Crippen LogP contribution in [0.2, 0.25) is 0 Å². The SMILES string of the molecule is COC(=O)CCNC(=O)c1cccc(NC(=O)CCCc2cccs2)c1. The third-order valence-corrected chi connectivity index (χ3v) is 4.59. The van der Waals surface area contributed by atoms with Gasteiger partial charge in [-0.3, -0.25) is 14.4 Å². The Balaban J connectivity index is 1.78. The third-order valence-electron chi connectivity index (χ3n) is 3.66. The van der Waals surface area contributed by atoms with Crippen molar-refractivity contribution in [1.29, 1.82) is 0 Å². The van der Waals surface area contributed by atoms with Gasteiger partial charge in [-0.1, -0.05) is 12.1 Å². The molecule has 1 aromatic carbocycles. The summed E-state index contributed by atoms with van der Waals surface area (Å²) in [5.74, 6) is -0.763. The molecule has 0 aliphatic carbocycles.